The SMILES string of the molecule is Cc1cc(N2CCCN(C(=O)c3cc(C#N)c[nH]3)CC2)ccn1. The molecule has 23 heavy (non-hydrogen) atoms. The number of carbonyl (C=O) groups is 1. The van der Waals surface area contributed by atoms with Crippen LogP contribution in [-0.2, 0) is 0 Å². The molecular weight excluding hydrogens is 290 g/mol. The quantitative estimate of drug-likeness (QED) is 0.920. The Morgan fingerprint density at radius 2 is 2.17 bits per heavy atom. The number of nitrogens with zero attached hydrogens (tertiary/aromatic N) is 4. The van der Waals surface area contributed by atoms with E-state index in [-0.39, 0.29) is 5.91 Å². The van der Waals surface area contributed by atoms with Crippen molar-refractivity contribution in [1.82, 2.24) is 14.9 Å². The maximum atomic E-state index is 12.5. The van der Waals surface area contributed by atoms with Gasteiger partial charge < -0.3 is 14.8 Å². The van der Waals surface area contributed by atoms with Gasteiger partial charge in [-0.2, -0.15) is 5.26 Å². The number of amides is 1. The third-order valence-corrected chi connectivity index (χ3v) is 4.07. The van der Waals surface area contributed by atoms with Crippen LogP contribution in [0.25, 0.3) is 0 Å². The first kappa shape index (κ1) is 15.1. The second-order valence-electron chi connectivity index (χ2n) is 5.70. The van der Waals surface area contributed by atoms with Crippen LogP contribution in [-0.4, -0.2) is 47.0 Å². The van der Waals surface area contributed by atoms with Crippen molar-refractivity contribution in [3.05, 3.63) is 47.5 Å². The van der Waals surface area contributed by atoms with Crippen LogP contribution in [0.2, 0.25) is 0 Å². The number of nitrogens with one attached hydrogen (secondary N) is 1. The highest BCUT2D eigenvalue weighted by Crippen LogP contribution is 2.17. The van der Waals surface area contributed by atoms with Crippen molar-refractivity contribution in [3.63, 3.8) is 0 Å². The summed E-state index contributed by atoms with van der Waals surface area (Å²) >= 11 is 0. The van der Waals surface area contributed by atoms with E-state index in [9.17, 15) is 4.79 Å². The van der Waals surface area contributed by atoms with Crippen molar-refractivity contribution >= 4 is 11.6 Å². The van der Waals surface area contributed by atoms with Crippen LogP contribution >= 0.6 is 0 Å². The lowest BCUT2D eigenvalue weighted by molar-refractivity contribution is 0.0762. The highest BCUT2D eigenvalue weighted by molar-refractivity contribution is 5.93. The molecule has 2 aromatic heterocycles. The Kier molecular flexibility index (Phi) is 4.29. The topological polar surface area (TPSA) is 76.0 Å². The van der Waals surface area contributed by atoms with Crippen molar-refractivity contribution in [2.24, 2.45) is 0 Å². The van der Waals surface area contributed by atoms with Gasteiger partial charge >= 0.3 is 0 Å². The smallest absolute Gasteiger partial charge is 0.270 e. The minimum absolute atomic E-state index is 0.0424. The molecule has 0 unspecified atom stereocenters. The molecule has 0 bridgehead atoms. The van der Waals surface area contributed by atoms with Gasteiger partial charge in [0.1, 0.15) is 11.8 Å². The van der Waals surface area contributed by atoms with E-state index in [1.807, 2.05) is 30.2 Å². The minimum Gasteiger partial charge on any atom is -0.370 e. The van der Waals surface area contributed by atoms with Gasteiger partial charge in [0.2, 0.25) is 0 Å². The van der Waals surface area contributed by atoms with Gasteiger partial charge in [0.25, 0.3) is 5.91 Å². The van der Waals surface area contributed by atoms with E-state index in [1.54, 1.807) is 12.3 Å². The fraction of sp³-hybridized carbons (Fsp3) is 0.353. The average Bonchev–Trinajstić information content (AvgIpc) is 2.91. The van der Waals surface area contributed by atoms with Crippen molar-refractivity contribution in [2.75, 3.05) is 31.1 Å². The summed E-state index contributed by atoms with van der Waals surface area (Å²) in [4.78, 5) is 23.8. The van der Waals surface area contributed by atoms with Gasteiger partial charge in [-0.25, -0.2) is 0 Å². The highest BCUT2D eigenvalue weighted by Gasteiger charge is 2.21. The maximum absolute atomic E-state index is 12.5. The summed E-state index contributed by atoms with van der Waals surface area (Å²) in [6, 6.07) is 7.72. The summed E-state index contributed by atoms with van der Waals surface area (Å²) in [5.74, 6) is -0.0424. The monoisotopic (exact) mass is 309 g/mol. The Labute approximate surface area is 135 Å². The molecule has 118 valence electrons. The van der Waals surface area contributed by atoms with Crippen LogP contribution in [0, 0.1) is 18.3 Å². The van der Waals surface area contributed by atoms with E-state index in [1.165, 1.54) is 0 Å². The van der Waals surface area contributed by atoms with Crippen LogP contribution in [0.4, 0.5) is 5.69 Å². The molecule has 1 fully saturated rings. The average molecular weight is 309 g/mol. The largest absolute Gasteiger partial charge is 0.370 e. The molecule has 6 heteroatoms. The zero-order chi connectivity index (χ0) is 16.2. The molecule has 0 aromatic carbocycles. The number of aryl methyl sites for hydroxylation is 1. The Bertz CT molecular complexity index is 745. The fourth-order valence-electron chi connectivity index (χ4n) is 2.86. The van der Waals surface area contributed by atoms with Crippen molar-refractivity contribution in [2.45, 2.75) is 13.3 Å². The summed E-state index contributed by atoms with van der Waals surface area (Å²) in [7, 11) is 0. The van der Waals surface area contributed by atoms with Gasteiger partial charge in [0.15, 0.2) is 0 Å². The van der Waals surface area contributed by atoms with E-state index < -0.39 is 0 Å². The summed E-state index contributed by atoms with van der Waals surface area (Å²) < 4.78 is 0. The number of nitriles is 1. The molecule has 1 amide bonds. The zero-order valence-corrected chi connectivity index (χ0v) is 13.1. The minimum atomic E-state index is -0.0424. The van der Waals surface area contributed by atoms with Crippen molar-refractivity contribution in [1.29, 1.82) is 5.26 Å². The second kappa shape index (κ2) is 6.53. The molecule has 1 aliphatic heterocycles. The summed E-state index contributed by atoms with van der Waals surface area (Å²) in [5.41, 5.74) is 3.11. The highest BCUT2D eigenvalue weighted by atomic mass is 16.2. The van der Waals surface area contributed by atoms with Crippen LogP contribution < -0.4 is 4.90 Å². The Morgan fingerprint density at radius 3 is 2.91 bits per heavy atom. The molecule has 3 heterocycles. The molecule has 2 aromatic rings. The van der Waals surface area contributed by atoms with Gasteiger partial charge in [0, 0.05) is 50.0 Å². The molecule has 0 atom stereocenters. The van der Waals surface area contributed by atoms with E-state index >= 15 is 0 Å². The zero-order valence-electron chi connectivity index (χ0n) is 13.1. The molecule has 0 aliphatic carbocycles. The Morgan fingerprint density at radius 1 is 1.30 bits per heavy atom. The second-order valence-corrected chi connectivity index (χ2v) is 5.70. The van der Waals surface area contributed by atoms with Gasteiger partial charge in [-0.15, -0.1) is 0 Å². The maximum Gasteiger partial charge on any atom is 0.270 e. The number of anilines is 1. The molecule has 6 nitrogen and oxygen atoms in total. The number of aromatic amines is 1. The van der Waals surface area contributed by atoms with Gasteiger partial charge in [-0.1, -0.05) is 0 Å². The molecule has 0 spiro atoms. The molecule has 0 saturated carbocycles. The number of rotatable bonds is 2. The lowest BCUT2D eigenvalue weighted by atomic mass is 10.3. The summed E-state index contributed by atoms with van der Waals surface area (Å²) in [5, 5.41) is 8.86. The Hall–Kier alpha value is -2.81. The van der Waals surface area contributed by atoms with Crippen LogP contribution in [0.3, 0.4) is 0 Å². The van der Waals surface area contributed by atoms with Gasteiger partial charge in [-0.05, 0) is 31.5 Å². The molecule has 3 rings (SSSR count). The molecule has 1 aliphatic rings. The predicted octanol–water partition coefficient (Wildman–Crippen LogP) is 1.94. The number of aromatic nitrogens is 2. The van der Waals surface area contributed by atoms with Crippen LogP contribution in [0.1, 0.15) is 28.2 Å². The third kappa shape index (κ3) is 3.34. The first-order valence-corrected chi connectivity index (χ1v) is 7.73. The van der Waals surface area contributed by atoms with Gasteiger partial charge in [0.05, 0.1) is 5.56 Å². The number of carbonyl (C=O) groups excluding carboxylic acids is 1. The molecule has 1 N–H and O–H groups in total. The normalized spacial score (nSPS) is 15.1. The standard InChI is InChI=1S/C17H19N5O/c1-13-9-15(3-4-19-13)21-5-2-6-22(8-7-21)17(23)16-10-14(11-18)12-20-16/h3-4,9-10,12,20H,2,5-8H2,1H3. The van der Waals surface area contributed by atoms with Gasteiger partial charge in [-0.3, -0.25) is 9.78 Å². The van der Waals surface area contributed by atoms with E-state index in [0.29, 0.717) is 17.8 Å². The lowest BCUT2D eigenvalue weighted by Gasteiger charge is -2.23. The van der Waals surface area contributed by atoms with E-state index in [2.05, 4.69) is 20.9 Å². The first-order chi connectivity index (χ1) is 11.2. The number of H-pyrrole nitrogens is 1. The summed E-state index contributed by atoms with van der Waals surface area (Å²) in [6.07, 6.45) is 4.30. The molecule has 0 radical (unpaired) electrons. The van der Waals surface area contributed by atoms with E-state index in [4.69, 9.17) is 5.26 Å². The number of hydrogen-bond donors (Lipinski definition) is 1. The predicted molar refractivity (Wildman–Crippen MR) is 87.2 cm³/mol. The van der Waals surface area contributed by atoms with E-state index in [0.717, 1.165) is 37.4 Å². The first-order valence-electron chi connectivity index (χ1n) is 7.73. The van der Waals surface area contributed by atoms with Crippen LogP contribution in [0.5, 0.6) is 0 Å². The molecular formula is C17H19N5O. The van der Waals surface area contributed by atoms with Crippen molar-refractivity contribution < 1.29 is 4.79 Å². The van der Waals surface area contributed by atoms with Crippen molar-refractivity contribution in [3.8, 4) is 6.07 Å². The fourth-order valence-corrected chi connectivity index (χ4v) is 2.86. The summed E-state index contributed by atoms with van der Waals surface area (Å²) in [6.45, 7) is 5.08. The number of hydrogen-bond acceptors (Lipinski definition) is 4. The Balaban J connectivity index is 1.68. The lowest BCUT2D eigenvalue weighted by Crippen LogP contribution is -2.35. The third-order valence-electron chi connectivity index (χ3n) is 4.07. The van der Waals surface area contributed by atoms with Crippen LogP contribution in [0.15, 0.2) is 30.6 Å². The molecule has 1 saturated heterocycles. The number of pyridine rings is 1.